The van der Waals surface area contributed by atoms with Gasteiger partial charge in [-0.05, 0) is 49.3 Å². The molecule has 0 fully saturated rings. The number of unbranched alkanes of at least 4 members (excludes halogenated alkanes) is 1. The van der Waals surface area contributed by atoms with Gasteiger partial charge in [0.25, 0.3) is 0 Å². The van der Waals surface area contributed by atoms with E-state index in [1.165, 1.54) is 5.56 Å². The van der Waals surface area contributed by atoms with Crippen molar-refractivity contribution in [2.75, 3.05) is 0 Å². The first kappa shape index (κ1) is 27.3. The third-order valence-corrected chi connectivity index (χ3v) is 6.40. The standard InChI is InChI=1S/C31H40N2O3/c1-6-9-17-28-27(21(4)32-22(5)33-28)20-23-18-25(13-7-2)29(26(19-23)14-8-3)36-30(31(34)35)24-15-11-10-12-16-24/h10-12,15-16,18-19,30H,4,6-9,13-14,17,20H2,1-3,5H3,(H,32,33)(H,34,35). The lowest BCUT2D eigenvalue weighted by Crippen LogP contribution is -2.26. The van der Waals surface area contributed by atoms with Gasteiger partial charge in [-0.25, -0.2) is 9.79 Å². The number of carbonyl (C=O) groups is 1. The molecule has 0 saturated carbocycles. The Bertz CT molecular complexity index is 1100. The summed E-state index contributed by atoms with van der Waals surface area (Å²) < 4.78 is 6.32. The van der Waals surface area contributed by atoms with E-state index in [0.717, 1.165) is 85.3 Å². The molecule has 192 valence electrons. The lowest BCUT2D eigenvalue weighted by molar-refractivity contribution is -0.145. The third-order valence-electron chi connectivity index (χ3n) is 6.40. The normalized spacial score (nSPS) is 14.3. The van der Waals surface area contributed by atoms with Crippen molar-refractivity contribution >= 4 is 11.8 Å². The molecule has 0 aliphatic carbocycles. The zero-order valence-electron chi connectivity index (χ0n) is 22.2. The van der Waals surface area contributed by atoms with Gasteiger partial charge in [0.05, 0.1) is 0 Å². The van der Waals surface area contributed by atoms with Gasteiger partial charge >= 0.3 is 5.97 Å². The summed E-state index contributed by atoms with van der Waals surface area (Å²) in [5.74, 6) is 0.615. The Morgan fingerprint density at radius 1 is 1.03 bits per heavy atom. The van der Waals surface area contributed by atoms with Gasteiger partial charge in [-0.3, -0.25) is 0 Å². The third kappa shape index (κ3) is 6.87. The number of allylic oxidation sites excluding steroid dienone is 2. The molecule has 5 nitrogen and oxygen atoms in total. The maximum absolute atomic E-state index is 12.2. The maximum atomic E-state index is 12.2. The van der Waals surface area contributed by atoms with E-state index in [2.05, 4.69) is 44.8 Å². The Labute approximate surface area is 216 Å². The highest BCUT2D eigenvalue weighted by Crippen LogP contribution is 2.35. The molecular formula is C31H40N2O3. The van der Waals surface area contributed by atoms with Crippen molar-refractivity contribution in [2.45, 2.75) is 85.2 Å². The fourth-order valence-corrected chi connectivity index (χ4v) is 4.73. The molecule has 0 aromatic heterocycles. The molecule has 36 heavy (non-hydrogen) atoms. The van der Waals surface area contributed by atoms with Gasteiger partial charge in [0.1, 0.15) is 11.6 Å². The van der Waals surface area contributed by atoms with Crippen molar-refractivity contribution in [3.63, 3.8) is 0 Å². The number of carboxylic acids is 1. The molecule has 2 aromatic rings. The second-order valence-electron chi connectivity index (χ2n) is 9.50. The minimum Gasteiger partial charge on any atom is -0.478 e. The minimum atomic E-state index is -1.05. The summed E-state index contributed by atoms with van der Waals surface area (Å²) in [5.41, 5.74) is 7.13. The second kappa shape index (κ2) is 13.1. The summed E-state index contributed by atoms with van der Waals surface area (Å²) >= 11 is 0. The van der Waals surface area contributed by atoms with E-state index in [1.807, 2.05) is 25.1 Å². The van der Waals surface area contributed by atoms with E-state index in [-0.39, 0.29) is 0 Å². The van der Waals surface area contributed by atoms with Crippen LogP contribution in [0.5, 0.6) is 5.75 Å². The summed E-state index contributed by atoms with van der Waals surface area (Å²) in [4.78, 5) is 17.0. The van der Waals surface area contributed by atoms with Crippen LogP contribution in [0.1, 0.15) is 88.2 Å². The highest BCUT2D eigenvalue weighted by molar-refractivity contribution is 5.84. The van der Waals surface area contributed by atoms with Gasteiger partial charge < -0.3 is 15.2 Å². The van der Waals surface area contributed by atoms with Crippen LogP contribution < -0.4 is 10.1 Å². The predicted octanol–water partition coefficient (Wildman–Crippen LogP) is 7.32. The number of nitrogens with one attached hydrogen (secondary N) is 1. The van der Waals surface area contributed by atoms with Crippen molar-refractivity contribution in [3.05, 3.63) is 88.3 Å². The summed E-state index contributed by atoms with van der Waals surface area (Å²) in [6.07, 6.45) is 6.35. The zero-order valence-corrected chi connectivity index (χ0v) is 22.2. The Balaban J connectivity index is 2.05. The number of ether oxygens (including phenoxy) is 1. The van der Waals surface area contributed by atoms with Gasteiger partial charge in [-0.15, -0.1) is 0 Å². The molecule has 1 unspecified atom stereocenters. The van der Waals surface area contributed by atoms with Crippen molar-refractivity contribution in [1.29, 1.82) is 0 Å². The monoisotopic (exact) mass is 488 g/mol. The first-order chi connectivity index (χ1) is 17.4. The summed E-state index contributed by atoms with van der Waals surface area (Å²) in [6.45, 7) is 12.7. The predicted molar refractivity (Wildman–Crippen MR) is 148 cm³/mol. The average molecular weight is 489 g/mol. The molecule has 3 rings (SSSR count). The molecular weight excluding hydrogens is 448 g/mol. The summed E-state index contributed by atoms with van der Waals surface area (Å²) in [6, 6.07) is 13.6. The fourth-order valence-electron chi connectivity index (χ4n) is 4.73. The van der Waals surface area contributed by atoms with Crippen LogP contribution in [-0.4, -0.2) is 16.9 Å². The number of benzene rings is 2. The maximum Gasteiger partial charge on any atom is 0.349 e. The number of hydrogen-bond donors (Lipinski definition) is 2. The fraction of sp³-hybridized carbons (Fsp3) is 0.419. The molecule has 1 atom stereocenters. The molecule has 1 aliphatic rings. The van der Waals surface area contributed by atoms with Crippen LogP contribution >= 0.6 is 0 Å². The molecule has 2 N–H and O–H groups in total. The van der Waals surface area contributed by atoms with E-state index in [1.54, 1.807) is 12.1 Å². The number of rotatable bonds is 13. The van der Waals surface area contributed by atoms with Crippen LogP contribution in [0.2, 0.25) is 0 Å². The van der Waals surface area contributed by atoms with Crippen LogP contribution in [0.3, 0.4) is 0 Å². The molecule has 0 bridgehead atoms. The van der Waals surface area contributed by atoms with Gasteiger partial charge in [-0.2, -0.15) is 0 Å². The Kier molecular flexibility index (Phi) is 9.92. The Hall–Kier alpha value is -3.34. The highest BCUT2D eigenvalue weighted by Gasteiger charge is 2.25. The van der Waals surface area contributed by atoms with E-state index in [0.29, 0.717) is 11.3 Å². The van der Waals surface area contributed by atoms with E-state index in [4.69, 9.17) is 9.73 Å². The number of aliphatic carboxylic acids is 1. The first-order valence-electron chi connectivity index (χ1n) is 13.2. The SMILES string of the molecule is C=C1NC(C)=NC(CCCC)=C1Cc1cc(CCC)c(OC(C(=O)O)c2ccccc2)c(CCC)c1. The number of amidine groups is 1. The lowest BCUT2D eigenvalue weighted by atomic mass is 9.92. The van der Waals surface area contributed by atoms with Crippen molar-refractivity contribution in [1.82, 2.24) is 5.32 Å². The van der Waals surface area contributed by atoms with Gasteiger partial charge in [0.2, 0.25) is 6.10 Å². The average Bonchev–Trinajstić information content (AvgIpc) is 2.85. The molecule has 0 saturated heterocycles. The van der Waals surface area contributed by atoms with Gasteiger partial charge in [0, 0.05) is 29.0 Å². The topological polar surface area (TPSA) is 70.9 Å². The van der Waals surface area contributed by atoms with E-state index in [9.17, 15) is 9.90 Å². The number of nitrogens with zero attached hydrogens (tertiary/aromatic N) is 1. The molecule has 0 spiro atoms. The first-order valence-corrected chi connectivity index (χ1v) is 13.2. The number of aliphatic imine (C=N–C) groups is 1. The van der Waals surface area contributed by atoms with E-state index >= 15 is 0 Å². The van der Waals surface area contributed by atoms with E-state index < -0.39 is 12.1 Å². The van der Waals surface area contributed by atoms with Crippen LogP contribution in [-0.2, 0) is 24.1 Å². The second-order valence-corrected chi connectivity index (χ2v) is 9.50. The minimum absolute atomic E-state index is 0.641. The van der Waals surface area contributed by atoms with Crippen LogP contribution in [0.25, 0.3) is 0 Å². The smallest absolute Gasteiger partial charge is 0.349 e. The van der Waals surface area contributed by atoms with Crippen molar-refractivity contribution < 1.29 is 14.6 Å². The van der Waals surface area contributed by atoms with Crippen LogP contribution in [0, 0.1) is 0 Å². The lowest BCUT2D eigenvalue weighted by Gasteiger charge is -2.24. The van der Waals surface area contributed by atoms with Crippen molar-refractivity contribution in [3.8, 4) is 5.75 Å². The summed E-state index contributed by atoms with van der Waals surface area (Å²) in [5, 5.41) is 13.3. The quantitative estimate of drug-likeness (QED) is 0.310. The number of hydrogen-bond acceptors (Lipinski definition) is 4. The molecule has 5 heteroatoms. The molecule has 0 amide bonds. The summed E-state index contributed by atoms with van der Waals surface area (Å²) in [7, 11) is 0. The zero-order chi connectivity index (χ0) is 26.1. The largest absolute Gasteiger partial charge is 0.478 e. The number of carboxylic acid groups (broad SMARTS) is 1. The van der Waals surface area contributed by atoms with Crippen molar-refractivity contribution in [2.24, 2.45) is 4.99 Å². The van der Waals surface area contributed by atoms with Crippen LogP contribution in [0.4, 0.5) is 0 Å². The van der Waals surface area contributed by atoms with Gasteiger partial charge in [-0.1, -0.05) is 89.1 Å². The van der Waals surface area contributed by atoms with Gasteiger partial charge in [0.15, 0.2) is 0 Å². The highest BCUT2D eigenvalue weighted by atomic mass is 16.5. The molecule has 1 heterocycles. The Morgan fingerprint density at radius 3 is 2.22 bits per heavy atom. The molecule has 0 radical (unpaired) electrons. The Morgan fingerprint density at radius 2 is 1.67 bits per heavy atom. The number of aryl methyl sites for hydroxylation is 2. The molecule has 1 aliphatic heterocycles. The van der Waals surface area contributed by atoms with Crippen LogP contribution in [0.15, 0.2) is 71.0 Å². The molecule has 2 aromatic carbocycles.